The number of hydrogen-bond donors (Lipinski definition) is 2. The predicted octanol–water partition coefficient (Wildman–Crippen LogP) is 2.37. The number of amides is 1. The van der Waals surface area contributed by atoms with Gasteiger partial charge in [0.25, 0.3) is 0 Å². The Labute approximate surface area is 134 Å². The molecule has 1 atom stereocenters. The molecule has 0 aliphatic carbocycles. The number of aromatic nitrogens is 3. The Hall–Kier alpha value is -2.02. The van der Waals surface area contributed by atoms with Gasteiger partial charge in [-0.25, -0.2) is 4.68 Å². The van der Waals surface area contributed by atoms with Gasteiger partial charge in [-0.15, -0.1) is 10.2 Å². The summed E-state index contributed by atoms with van der Waals surface area (Å²) in [5.74, 6) is 6.60. The molecule has 0 saturated carbocycles. The van der Waals surface area contributed by atoms with Gasteiger partial charge in [0.2, 0.25) is 11.1 Å². The second-order valence-electron chi connectivity index (χ2n) is 5.08. The molecule has 0 aliphatic heterocycles. The molecule has 0 unspecified atom stereocenters. The number of para-hydroxylation sites is 1. The van der Waals surface area contributed by atoms with E-state index in [1.807, 2.05) is 38.1 Å². The second kappa shape index (κ2) is 7.31. The fourth-order valence-corrected chi connectivity index (χ4v) is 2.73. The van der Waals surface area contributed by atoms with Crippen LogP contribution in [-0.4, -0.2) is 26.0 Å². The number of thioether (sulfide) groups is 1. The Bertz CT molecular complexity index is 655. The van der Waals surface area contributed by atoms with Crippen LogP contribution in [0, 0.1) is 6.92 Å². The minimum Gasteiger partial charge on any atom is -0.336 e. The van der Waals surface area contributed by atoms with E-state index in [4.69, 9.17) is 5.84 Å². The van der Waals surface area contributed by atoms with E-state index in [-0.39, 0.29) is 11.2 Å². The zero-order chi connectivity index (χ0) is 16.1. The van der Waals surface area contributed by atoms with Gasteiger partial charge in [0.05, 0.1) is 5.25 Å². The van der Waals surface area contributed by atoms with E-state index in [9.17, 15) is 4.79 Å². The normalized spacial score (nSPS) is 12.1. The molecule has 0 fully saturated rings. The van der Waals surface area contributed by atoms with Gasteiger partial charge in [-0.05, 0) is 31.9 Å². The molecule has 22 heavy (non-hydrogen) atoms. The molecule has 3 N–H and O–H groups in total. The van der Waals surface area contributed by atoms with Crippen LogP contribution in [0.2, 0.25) is 0 Å². The molecule has 7 heteroatoms. The fourth-order valence-electron chi connectivity index (χ4n) is 1.94. The highest BCUT2D eigenvalue weighted by atomic mass is 32.2. The molecular formula is C15H21N5OS. The van der Waals surface area contributed by atoms with Crippen molar-refractivity contribution < 1.29 is 4.79 Å². The lowest BCUT2D eigenvalue weighted by molar-refractivity contribution is -0.115. The molecule has 1 aromatic heterocycles. The largest absolute Gasteiger partial charge is 0.336 e. The van der Waals surface area contributed by atoms with Gasteiger partial charge in [-0.2, -0.15) is 0 Å². The third-order valence-electron chi connectivity index (χ3n) is 3.26. The van der Waals surface area contributed by atoms with Gasteiger partial charge in [-0.3, -0.25) is 4.79 Å². The van der Waals surface area contributed by atoms with E-state index < -0.39 is 0 Å². The van der Waals surface area contributed by atoms with Crippen LogP contribution in [0.5, 0.6) is 0 Å². The third kappa shape index (κ3) is 3.79. The quantitative estimate of drug-likeness (QED) is 0.630. The van der Waals surface area contributed by atoms with Gasteiger partial charge >= 0.3 is 0 Å². The number of nitrogen functional groups attached to an aromatic ring is 1. The molecule has 6 nitrogen and oxygen atoms in total. The van der Waals surface area contributed by atoms with Crippen LogP contribution < -0.4 is 11.2 Å². The standard InChI is InChI=1S/C15H21N5OS/c1-4-7-13-18-19-15(20(13)16)22-11(3)14(21)17-12-9-6-5-8-10(12)2/h5-6,8-9,11H,4,7,16H2,1-3H3,(H,17,21)/t11-/m1/s1. The fraction of sp³-hybridized carbons (Fsp3) is 0.400. The van der Waals surface area contributed by atoms with Crippen molar-refractivity contribution in [1.82, 2.24) is 14.9 Å². The molecule has 1 aromatic carbocycles. The number of benzene rings is 1. The van der Waals surface area contributed by atoms with Crippen LogP contribution in [0.1, 0.15) is 31.7 Å². The Balaban J connectivity index is 2.01. The summed E-state index contributed by atoms with van der Waals surface area (Å²) in [4.78, 5) is 12.3. The highest BCUT2D eigenvalue weighted by Gasteiger charge is 2.19. The summed E-state index contributed by atoms with van der Waals surface area (Å²) in [6.45, 7) is 5.84. The van der Waals surface area contributed by atoms with Crippen LogP contribution in [0.15, 0.2) is 29.4 Å². The topological polar surface area (TPSA) is 85.8 Å². The number of nitrogens with zero attached hydrogens (tertiary/aromatic N) is 3. The third-order valence-corrected chi connectivity index (χ3v) is 4.32. The highest BCUT2D eigenvalue weighted by molar-refractivity contribution is 8.00. The molecule has 118 valence electrons. The van der Waals surface area contributed by atoms with E-state index in [1.54, 1.807) is 0 Å². The number of anilines is 1. The Morgan fingerprint density at radius 2 is 2.14 bits per heavy atom. The maximum absolute atomic E-state index is 12.3. The lowest BCUT2D eigenvalue weighted by Gasteiger charge is -2.13. The zero-order valence-corrected chi connectivity index (χ0v) is 13.9. The number of carbonyl (C=O) groups excluding carboxylic acids is 1. The van der Waals surface area contributed by atoms with Crippen LogP contribution in [0.25, 0.3) is 0 Å². The summed E-state index contributed by atoms with van der Waals surface area (Å²) in [6, 6.07) is 7.68. The first-order valence-corrected chi connectivity index (χ1v) is 8.13. The monoisotopic (exact) mass is 319 g/mol. The van der Waals surface area contributed by atoms with Crippen molar-refractivity contribution in [2.45, 2.75) is 44.0 Å². The predicted molar refractivity (Wildman–Crippen MR) is 89.3 cm³/mol. The lowest BCUT2D eigenvalue weighted by atomic mass is 10.2. The Morgan fingerprint density at radius 1 is 1.41 bits per heavy atom. The molecular weight excluding hydrogens is 298 g/mol. The SMILES string of the molecule is CCCc1nnc(S[C@H](C)C(=O)Nc2ccccc2C)n1N. The first-order chi connectivity index (χ1) is 10.5. The Morgan fingerprint density at radius 3 is 2.82 bits per heavy atom. The van der Waals surface area contributed by atoms with E-state index in [2.05, 4.69) is 22.4 Å². The second-order valence-corrected chi connectivity index (χ2v) is 6.39. The first-order valence-electron chi connectivity index (χ1n) is 7.25. The summed E-state index contributed by atoms with van der Waals surface area (Å²) in [6.07, 6.45) is 1.72. The molecule has 0 spiro atoms. The first kappa shape index (κ1) is 16.4. The van der Waals surface area contributed by atoms with Crippen molar-refractivity contribution in [3.8, 4) is 0 Å². The highest BCUT2D eigenvalue weighted by Crippen LogP contribution is 2.23. The van der Waals surface area contributed by atoms with Crippen molar-refractivity contribution in [2.75, 3.05) is 11.2 Å². The van der Waals surface area contributed by atoms with Crippen LogP contribution in [0.3, 0.4) is 0 Å². The van der Waals surface area contributed by atoms with Crippen LogP contribution >= 0.6 is 11.8 Å². The number of aryl methyl sites for hydroxylation is 2. The minimum atomic E-state index is -0.319. The zero-order valence-electron chi connectivity index (χ0n) is 13.0. The molecule has 0 radical (unpaired) electrons. The van der Waals surface area contributed by atoms with E-state index in [0.29, 0.717) is 5.16 Å². The molecule has 1 amide bonds. The maximum Gasteiger partial charge on any atom is 0.237 e. The van der Waals surface area contributed by atoms with Crippen molar-refractivity contribution in [3.63, 3.8) is 0 Å². The van der Waals surface area contributed by atoms with Crippen LogP contribution in [-0.2, 0) is 11.2 Å². The summed E-state index contributed by atoms with van der Waals surface area (Å²) in [7, 11) is 0. The summed E-state index contributed by atoms with van der Waals surface area (Å²) < 4.78 is 1.46. The minimum absolute atomic E-state index is 0.0839. The average Bonchev–Trinajstić information content (AvgIpc) is 2.83. The Kier molecular flexibility index (Phi) is 5.43. The summed E-state index contributed by atoms with van der Waals surface area (Å²) in [5.41, 5.74) is 1.85. The van der Waals surface area contributed by atoms with E-state index in [0.717, 1.165) is 29.9 Å². The number of hydrogen-bond acceptors (Lipinski definition) is 5. The van der Waals surface area contributed by atoms with Gasteiger partial charge in [0.1, 0.15) is 0 Å². The average molecular weight is 319 g/mol. The van der Waals surface area contributed by atoms with Gasteiger partial charge in [-0.1, -0.05) is 36.9 Å². The van der Waals surface area contributed by atoms with E-state index in [1.165, 1.54) is 16.4 Å². The molecule has 2 aromatic rings. The number of carbonyl (C=O) groups is 1. The van der Waals surface area contributed by atoms with Crippen molar-refractivity contribution in [1.29, 1.82) is 0 Å². The molecule has 1 heterocycles. The summed E-state index contributed by atoms with van der Waals surface area (Å²) in [5, 5.41) is 11.3. The van der Waals surface area contributed by atoms with E-state index >= 15 is 0 Å². The van der Waals surface area contributed by atoms with Crippen LogP contribution in [0.4, 0.5) is 5.69 Å². The maximum atomic E-state index is 12.3. The van der Waals surface area contributed by atoms with Gasteiger partial charge in [0, 0.05) is 12.1 Å². The molecule has 0 bridgehead atoms. The van der Waals surface area contributed by atoms with Gasteiger partial charge in [0.15, 0.2) is 5.82 Å². The smallest absolute Gasteiger partial charge is 0.237 e. The van der Waals surface area contributed by atoms with Crippen molar-refractivity contribution in [2.24, 2.45) is 0 Å². The van der Waals surface area contributed by atoms with Gasteiger partial charge < -0.3 is 11.2 Å². The molecule has 0 aliphatic rings. The van der Waals surface area contributed by atoms with Crippen molar-refractivity contribution >= 4 is 23.4 Å². The molecule has 2 rings (SSSR count). The van der Waals surface area contributed by atoms with Crippen molar-refractivity contribution in [3.05, 3.63) is 35.7 Å². The number of nitrogens with two attached hydrogens (primary N) is 1. The summed E-state index contributed by atoms with van der Waals surface area (Å²) >= 11 is 1.30. The number of rotatable bonds is 6. The molecule has 0 saturated heterocycles. The lowest BCUT2D eigenvalue weighted by Crippen LogP contribution is -2.24. The number of nitrogens with one attached hydrogen (secondary N) is 1.